The monoisotopic (exact) mass is 276 g/mol. The molecule has 0 unspecified atom stereocenters. The number of ketones is 1. The molecule has 0 aliphatic carbocycles. The van der Waals surface area contributed by atoms with Crippen molar-refractivity contribution in [2.45, 2.75) is 13.8 Å². The van der Waals surface area contributed by atoms with E-state index in [-0.39, 0.29) is 11.4 Å². The number of carbonyl (C=O) groups is 2. The van der Waals surface area contributed by atoms with Crippen LogP contribution in [0.25, 0.3) is 5.69 Å². The lowest BCUT2D eigenvalue weighted by Gasteiger charge is -2.04. The Kier molecular flexibility index (Phi) is 3.65. The van der Waals surface area contributed by atoms with Crippen LogP contribution in [-0.4, -0.2) is 28.6 Å². The molecule has 104 valence electrons. The van der Waals surface area contributed by atoms with Crippen molar-refractivity contribution in [1.29, 1.82) is 0 Å². The van der Waals surface area contributed by atoms with Gasteiger partial charge in [0.05, 0.1) is 29.7 Å². The highest BCUT2D eigenvalue weighted by molar-refractivity contribution is 6.41. The van der Waals surface area contributed by atoms with Gasteiger partial charge in [0, 0.05) is 0 Å². The SMILES string of the molecule is COC(=O)C(=O)c1c(C)nn(-c2ccc(F)cc2)c1C. The first-order valence-electron chi connectivity index (χ1n) is 5.90. The number of benzene rings is 1. The smallest absolute Gasteiger partial charge is 0.379 e. The number of carbonyl (C=O) groups excluding carboxylic acids is 2. The number of nitrogens with zero attached hydrogens (tertiary/aromatic N) is 2. The van der Waals surface area contributed by atoms with E-state index in [0.29, 0.717) is 17.1 Å². The number of methoxy groups -OCH3 is 1. The largest absolute Gasteiger partial charge is 0.463 e. The summed E-state index contributed by atoms with van der Waals surface area (Å²) in [6, 6.07) is 5.68. The maximum atomic E-state index is 12.9. The number of Topliss-reactive ketones (excluding diaryl/α,β-unsaturated/α-hetero) is 1. The van der Waals surface area contributed by atoms with Gasteiger partial charge in [0.2, 0.25) is 0 Å². The maximum Gasteiger partial charge on any atom is 0.379 e. The average molecular weight is 276 g/mol. The predicted octanol–water partition coefficient (Wildman–Crippen LogP) is 1.98. The number of ether oxygens (including phenoxy) is 1. The molecule has 2 aromatic rings. The number of esters is 1. The fraction of sp³-hybridized carbons (Fsp3) is 0.214. The van der Waals surface area contributed by atoms with E-state index in [2.05, 4.69) is 9.84 Å². The van der Waals surface area contributed by atoms with Crippen molar-refractivity contribution in [2.24, 2.45) is 0 Å². The lowest BCUT2D eigenvalue weighted by molar-refractivity contribution is -0.135. The molecule has 0 saturated heterocycles. The Bertz CT molecular complexity index is 674. The third-order valence-electron chi connectivity index (χ3n) is 2.96. The molecule has 0 N–H and O–H groups in total. The summed E-state index contributed by atoms with van der Waals surface area (Å²) in [5.41, 5.74) is 1.74. The summed E-state index contributed by atoms with van der Waals surface area (Å²) in [5.74, 6) is -2.04. The number of aromatic nitrogens is 2. The highest BCUT2D eigenvalue weighted by Crippen LogP contribution is 2.19. The van der Waals surface area contributed by atoms with E-state index in [1.54, 1.807) is 26.0 Å². The standard InChI is InChI=1S/C14H13FN2O3/c1-8-12(13(18)14(19)20-3)9(2)17(16-8)11-6-4-10(15)5-7-11/h4-7H,1-3H3. The lowest BCUT2D eigenvalue weighted by atomic mass is 10.1. The van der Waals surface area contributed by atoms with Gasteiger partial charge in [0.25, 0.3) is 5.78 Å². The first kappa shape index (κ1) is 13.9. The zero-order valence-electron chi connectivity index (χ0n) is 11.3. The molecule has 6 heteroatoms. The Morgan fingerprint density at radius 2 is 1.80 bits per heavy atom. The molecule has 0 fully saturated rings. The summed E-state index contributed by atoms with van der Waals surface area (Å²) in [4.78, 5) is 23.3. The molecule has 0 aliphatic heterocycles. The summed E-state index contributed by atoms with van der Waals surface area (Å²) in [7, 11) is 1.15. The van der Waals surface area contributed by atoms with E-state index in [9.17, 15) is 14.0 Å². The van der Waals surface area contributed by atoms with Gasteiger partial charge >= 0.3 is 5.97 Å². The molecule has 0 bridgehead atoms. The highest BCUT2D eigenvalue weighted by atomic mass is 19.1. The second kappa shape index (κ2) is 5.24. The molecule has 0 amide bonds. The summed E-state index contributed by atoms with van der Waals surface area (Å²) >= 11 is 0. The molecule has 0 saturated carbocycles. The van der Waals surface area contributed by atoms with Crippen molar-refractivity contribution >= 4 is 11.8 Å². The molecule has 1 aromatic carbocycles. The van der Waals surface area contributed by atoms with Crippen molar-refractivity contribution in [1.82, 2.24) is 9.78 Å². The van der Waals surface area contributed by atoms with Gasteiger partial charge in [-0.3, -0.25) is 4.79 Å². The molecule has 2 rings (SSSR count). The van der Waals surface area contributed by atoms with E-state index < -0.39 is 11.8 Å². The summed E-state index contributed by atoms with van der Waals surface area (Å²) in [5, 5.41) is 4.21. The molecule has 0 aliphatic rings. The third kappa shape index (κ3) is 2.32. The minimum atomic E-state index is -0.935. The van der Waals surface area contributed by atoms with E-state index in [0.717, 1.165) is 7.11 Å². The van der Waals surface area contributed by atoms with Crippen LogP contribution in [0.1, 0.15) is 21.7 Å². The van der Waals surface area contributed by atoms with Gasteiger partial charge in [-0.25, -0.2) is 13.9 Å². The van der Waals surface area contributed by atoms with Crippen LogP contribution in [0.15, 0.2) is 24.3 Å². The van der Waals surface area contributed by atoms with E-state index in [1.807, 2.05) is 0 Å². The zero-order valence-corrected chi connectivity index (χ0v) is 11.3. The summed E-state index contributed by atoms with van der Waals surface area (Å²) < 4.78 is 18.8. The van der Waals surface area contributed by atoms with Crippen molar-refractivity contribution in [3.8, 4) is 5.69 Å². The first-order chi connectivity index (χ1) is 9.45. The lowest BCUT2D eigenvalue weighted by Crippen LogP contribution is -2.17. The van der Waals surface area contributed by atoms with Gasteiger partial charge in [-0.15, -0.1) is 0 Å². The van der Waals surface area contributed by atoms with Crippen LogP contribution in [0.3, 0.4) is 0 Å². The molecular weight excluding hydrogens is 263 g/mol. The molecular formula is C14H13FN2O3. The molecule has 5 nitrogen and oxygen atoms in total. The first-order valence-corrected chi connectivity index (χ1v) is 5.90. The van der Waals surface area contributed by atoms with E-state index in [1.165, 1.54) is 16.8 Å². The van der Waals surface area contributed by atoms with Crippen molar-refractivity contribution in [3.05, 3.63) is 47.0 Å². The van der Waals surface area contributed by atoms with Crippen LogP contribution < -0.4 is 0 Å². The Hall–Kier alpha value is -2.50. The van der Waals surface area contributed by atoms with E-state index in [4.69, 9.17) is 0 Å². The van der Waals surface area contributed by atoms with Gasteiger partial charge in [0.15, 0.2) is 0 Å². The maximum absolute atomic E-state index is 12.9. The Labute approximate surface area is 115 Å². The Morgan fingerprint density at radius 1 is 1.20 bits per heavy atom. The van der Waals surface area contributed by atoms with Crippen LogP contribution in [0.2, 0.25) is 0 Å². The third-order valence-corrected chi connectivity index (χ3v) is 2.96. The summed E-state index contributed by atoms with van der Waals surface area (Å²) in [6.07, 6.45) is 0. The van der Waals surface area contributed by atoms with Crippen LogP contribution in [0.4, 0.5) is 4.39 Å². The number of hydrogen-bond acceptors (Lipinski definition) is 4. The highest BCUT2D eigenvalue weighted by Gasteiger charge is 2.25. The molecule has 0 radical (unpaired) electrons. The fourth-order valence-electron chi connectivity index (χ4n) is 2.00. The average Bonchev–Trinajstić information content (AvgIpc) is 2.73. The fourth-order valence-corrected chi connectivity index (χ4v) is 2.00. The quantitative estimate of drug-likeness (QED) is 0.488. The van der Waals surface area contributed by atoms with Gasteiger partial charge in [-0.05, 0) is 38.1 Å². The predicted molar refractivity (Wildman–Crippen MR) is 69.3 cm³/mol. The van der Waals surface area contributed by atoms with Crippen molar-refractivity contribution < 1.29 is 18.7 Å². The van der Waals surface area contributed by atoms with Gasteiger partial charge in [-0.2, -0.15) is 5.10 Å². The Balaban J connectivity index is 2.51. The van der Waals surface area contributed by atoms with Crippen molar-refractivity contribution in [3.63, 3.8) is 0 Å². The van der Waals surface area contributed by atoms with Gasteiger partial charge in [-0.1, -0.05) is 0 Å². The summed E-state index contributed by atoms with van der Waals surface area (Å²) in [6.45, 7) is 3.29. The van der Waals surface area contributed by atoms with Crippen LogP contribution >= 0.6 is 0 Å². The second-order valence-corrected chi connectivity index (χ2v) is 4.25. The molecule has 0 spiro atoms. The molecule has 1 aromatic heterocycles. The van der Waals surface area contributed by atoms with Crippen molar-refractivity contribution in [2.75, 3.05) is 7.11 Å². The molecule has 20 heavy (non-hydrogen) atoms. The van der Waals surface area contributed by atoms with Crippen LogP contribution in [0.5, 0.6) is 0 Å². The number of hydrogen-bond donors (Lipinski definition) is 0. The minimum absolute atomic E-state index is 0.209. The number of halogens is 1. The normalized spacial score (nSPS) is 10.4. The second-order valence-electron chi connectivity index (χ2n) is 4.25. The zero-order chi connectivity index (χ0) is 14.9. The molecule has 0 atom stereocenters. The Morgan fingerprint density at radius 3 is 2.35 bits per heavy atom. The minimum Gasteiger partial charge on any atom is -0.463 e. The van der Waals surface area contributed by atoms with Crippen LogP contribution in [-0.2, 0) is 9.53 Å². The van der Waals surface area contributed by atoms with Gasteiger partial charge in [0.1, 0.15) is 5.82 Å². The topological polar surface area (TPSA) is 61.2 Å². The number of aryl methyl sites for hydroxylation is 1. The van der Waals surface area contributed by atoms with Crippen LogP contribution in [0, 0.1) is 19.7 Å². The van der Waals surface area contributed by atoms with E-state index >= 15 is 0 Å². The van der Waals surface area contributed by atoms with Gasteiger partial charge < -0.3 is 4.74 Å². The molecule has 1 heterocycles. The number of rotatable bonds is 3.